The van der Waals surface area contributed by atoms with Gasteiger partial charge in [0.1, 0.15) is 17.1 Å². The number of benzene rings is 2. The third kappa shape index (κ3) is 8.97. The van der Waals surface area contributed by atoms with Gasteiger partial charge in [-0.15, -0.1) is 0 Å². The number of esters is 1. The highest BCUT2D eigenvalue weighted by atomic mass is 35.5. The van der Waals surface area contributed by atoms with Crippen LogP contribution in [-0.2, 0) is 9.47 Å². The van der Waals surface area contributed by atoms with E-state index in [1.807, 2.05) is 30.3 Å². The summed E-state index contributed by atoms with van der Waals surface area (Å²) in [6.07, 6.45) is 3.48. The third-order valence-corrected chi connectivity index (χ3v) is 9.98. The fourth-order valence-corrected chi connectivity index (χ4v) is 7.23. The molecule has 1 amide bonds. The van der Waals surface area contributed by atoms with E-state index in [9.17, 15) is 9.59 Å². The number of allylic oxidation sites excluding steroid dienone is 1. The lowest BCUT2D eigenvalue weighted by Gasteiger charge is -2.39. The second kappa shape index (κ2) is 15.1. The van der Waals surface area contributed by atoms with Gasteiger partial charge in [-0.2, -0.15) is 4.98 Å². The molecule has 2 aliphatic heterocycles. The first kappa shape index (κ1) is 36.5. The molecule has 3 aromatic rings. The van der Waals surface area contributed by atoms with E-state index in [2.05, 4.69) is 57.0 Å². The number of methoxy groups -OCH3 is 1. The number of fused-ring (bicyclic) bond motifs is 1. The minimum absolute atomic E-state index is 0.278. The van der Waals surface area contributed by atoms with Crippen molar-refractivity contribution in [2.75, 3.05) is 68.1 Å². The molecule has 1 aliphatic carbocycles. The van der Waals surface area contributed by atoms with Crippen LogP contribution in [-0.4, -0.2) is 80.5 Å². The topological polar surface area (TPSA) is 96.5 Å². The van der Waals surface area contributed by atoms with Crippen LogP contribution in [0.1, 0.15) is 76.2 Å². The summed E-state index contributed by atoms with van der Waals surface area (Å²) in [7, 11) is 1.40. The van der Waals surface area contributed by atoms with Gasteiger partial charge in [0, 0.05) is 50.0 Å². The number of hydrogen-bond acceptors (Lipinski definition) is 9. The molecule has 51 heavy (non-hydrogen) atoms. The number of pyridine rings is 1. The summed E-state index contributed by atoms with van der Waals surface area (Å²) in [6.45, 7) is 15.8. The number of carbonyl (C=O) groups excluding carboxylic acids is 2. The molecule has 11 heteroatoms. The largest absolute Gasteiger partial charge is 0.476 e. The van der Waals surface area contributed by atoms with E-state index in [-0.39, 0.29) is 5.41 Å². The van der Waals surface area contributed by atoms with Crippen LogP contribution in [0.2, 0.25) is 5.02 Å². The van der Waals surface area contributed by atoms with Crippen LogP contribution in [0.25, 0.3) is 5.57 Å². The zero-order chi connectivity index (χ0) is 36.3. The van der Waals surface area contributed by atoms with Gasteiger partial charge in [0.25, 0.3) is 0 Å². The average Bonchev–Trinajstić information content (AvgIpc) is 3.30. The van der Waals surface area contributed by atoms with Gasteiger partial charge in [0.15, 0.2) is 0 Å². The minimum Gasteiger partial charge on any atom is -0.476 e. The zero-order valence-electron chi connectivity index (χ0n) is 30.7. The van der Waals surface area contributed by atoms with Gasteiger partial charge in [-0.3, -0.25) is 10.2 Å². The summed E-state index contributed by atoms with van der Waals surface area (Å²) in [5.74, 6) is 0.275. The number of piperazine rings is 1. The van der Waals surface area contributed by atoms with Crippen molar-refractivity contribution in [1.29, 1.82) is 0 Å². The van der Waals surface area contributed by atoms with Crippen molar-refractivity contribution in [1.82, 2.24) is 9.88 Å². The van der Waals surface area contributed by atoms with E-state index in [0.717, 1.165) is 62.0 Å². The second-order valence-corrected chi connectivity index (χ2v) is 15.8. The Morgan fingerprint density at radius 3 is 2.43 bits per heavy atom. The molecule has 6 rings (SSSR count). The number of anilines is 4. The Kier molecular flexibility index (Phi) is 10.8. The van der Waals surface area contributed by atoms with Crippen LogP contribution in [0.15, 0.2) is 60.2 Å². The monoisotopic (exact) mass is 715 g/mol. The lowest BCUT2D eigenvalue weighted by atomic mass is 9.72. The molecule has 0 atom stereocenters. The standard InChI is InChI=1S/C40H50ClN5O5/c1-39(2,3)51-38(48)43-35-15-14-33-36(42-35)50-23-7-18-46(33)34-24-30(12-13-31(34)37(47)49-6)45-21-19-44(20-22-45)26-28-16-17-40(4,5)25-32(28)27-8-10-29(41)11-9-27/h8-15,24H,7,16-23,25-26H2,1-6H3,(H,42,43,48). The van der Waals surface area contributed by atoms with Crippen LogP contribution in [0.5, 0.6) is 5.88 Å². The van der Waals surface area contributed by atoms with Gasteiger partial charge in [-0.05, 0) is 105 Å². The molecule has 3 aliphatic rings. The SMILES string of the molecule is COC(=O)c1ccc(N2CCN(CC3=C(c4ccc(Cl)cc4)CC(C)(C)CC3)CC2)cc1N1CCCOc2nc(NC(=O)OC(C)(C)C)ccc21. The Labute approximate surface area is 306 Å². The van der Waals surface area contributed by atoms with Crippen LogP contribution < -0.4 is 19.9 Å². The Balaban J connectivity index is 1.21. The van der Waals surface area contributed by atoms with Crippen molar-refractivity contribution >= 4 is 52.1 Å². The summed E-state index contributed by atoms with van der Waals surface area (Å²) in [6, 6.07) is 17.8. The van der Waals surface area contributed by atoms with Gasteiger partial charge < -0.3 is 24.0 Å². The van der Waals surface area contributed by atoms with Gasteiger partial charge in [-0.1, -0.05) is 43.2 Å². The molecule has 0 spiro atoms. The highest BCUT2D eigenvalue weighted by Crippen LogP contribution is 2.44. The summed E-state index contributed by atoms with van der Waals surface area (Å²) in [5, 5.41) is 3.46. The number of amides is 1. The maximum absolute atomic E-state index is 13.1. The summed E-state index contributed by atoms with van der Waals surface area (Å²) in [4.78, 5) is 37.1. The second-order valence-electron chi connectivity index (χ2n) is 15.4. The molecule has 1 aromatic heterocycles. The van der Waals surface area contributed by atoms with Crippen molar-refractivity contribution in [3.8, 4) is 5.88 Å². The maximum atomic E-state index is 13.1. The fraction of sp³-hybridized carbons (Fsp3) is 0.475. The molecule has 0 radical (unpaired) electrons. The molecule has 1 saturated heterocycles. The maximum Gasteiger partial charge on any atom is 0.413 e. The van der Waals surface area contributed by atoms with Crippen molar-refractivity contribution in [2.45, 2.75) is 65.9 Å². The molecular formula is C40H50ClN5O5. The quantitative estimate of drug-likeness (QED) is 0.241. The lowest BCUT2D eigenvalue weighted by molar-refractivity contribution is 0.0598. The first-order chi connectivity index (χ1) is 24.3. The molecule has 0 saturated carbocycles. The molecule has 272 valence electrons. The van der Waals surface area contributed by atoms with E-state index in [1.165, 1.54) is 30.2 Å². The van der Waals surface area contributed by atoms with E-state index in [0.29, 0.717) is 42.5 Å². The first-order valence-electron chi connectivity index (χ1n) is 17.9. The predicted octanol–water partition coefficient (Wildman–Crippen LogP) is 8.58. The molecule has 0 unspecified atom stereocenters. The van der Waals surface area contributed by atoms with Gasteiger partial charge in [0.2, 0.25) is 5.88 Å². The summed E-state index contributed by atoms with van der Waals surface area (Å²) < 4.78 is 16.6. The van der Waals surface area contributed by atoms with Crippen molar-refractivity contribution in [2.24, 2.45) is 5.41 Å². The van der Waals surface area contributed by atoms with Crippen LogP contribution in [0.4, 0.5) is 27.7 Å². The highest BCUT2D eigenvalue weighted by Gasteiger charge is 2.30. The zero-order valence-corrected chi connectivity index (χ0v) is 31.4. The van der Waals surface area contributed by atoms with Crippen LogP contribution in [0.3, 0.4) is 0 Å². The van der Waals surface area contributed by atoms with Crippen molar-refractivity contribution < 1.29 is 23.8 Å². The number of nitrogens with one attached hydrogen (secondary N) is 1. The molecule has 2 aromatic carbocycles. The number of aromatic nitrogens is 1. The smallest absolute Gasteiger partial charge is 0.413 e. The Hall–Kier alpha value is -4.28. The van der Waals surface area contributed by atoms with E-state index in [1.54, 1.807) is 26.8 Å². The van der Waals surface area contributed by atoms with Gasteiger partial charge in [-0.25, -0.2) is 9.59 Å². The average molecular weight is 716 g/mol. The molecule has 1 N–H and O–H groups in total. The molecule has 0 bridgehead atoms. The molecular weight excluding hydrogens is 666 g/mol. The lowest BCUT2D eigenvalue weighted by Crippen LogP contribution is -2.47. The number of nitrogens with zero attached hydrogens (tertiary/aromatic N) is 4. The predicted molar refractivity (Wildman–Crippen MR) is 204 cm³/mol. The normalized spacial score (nSPS) is 18.0. The Morgan fingerprint density at radius 2 is 1.73 bits per heavy atom. The Morgan fingerprint density at radius 1 is 0.980 bits per heavy atom. The highest BCUT2D eigenvalue weighted by molar-refractivity contribution is 6.30. The first-order valence-corrected chi connectivity index (χ1v) is 18.2. The fourth-order valence-electron chi connectivity index (χ4n) is 7.11. The Bertz CT molecular complexity index is 1780. The minimum atomic E-state index is -0.642. The molecule has 10 nitrogen and oxygen atoms in total. The number of halogens is 1. The van der Waals surface area contributed by atoms with Gasteiger partial charge >= 0.3 is 12.1 Å². The number of hydrogen-bond donors (Lipinski definition) is 1. The van der Waals surface area contributed by atoms with Gasteiger partial charge in [0.05, 0.1) is 25.0 Å². The van der Waals surface area contributed by atoms with Crippen molar-refractivity contribution in [3.05, 3.63) is 76.3 Å². The van der Waals surface area contributed by atoms with E-state index < -0.39 is 17.7 Å². The number of carbonyl (C=O) groups is 2. The summed E-state index contributed by atoms with van der Waals surface area (Å²) in [5.41, 5.74) is 6.86. The van der Waals surface area contributed by atoms with E-state index >= 15 is 0 Å². The van der Waals surface area contributed by atoms with Crippen LogP contribution >= 0.6 is 11.6 Å². The number of rotatable bonds is 7. The van der Waals surface area contributed by atoms with Crippen LogP contribution in [0, 0.1) is 5.41 Å². The van der Waals surface area contributed by atoms with E-state index in [4.69, 9.17) is 25.8 Å². The molecule has 1 fully saturated rings. The third-order valence-electron chi connectivity index (χ3n) is 9.73. The molecule has 3 heterocycles. The number of ether oxygens (including phenoxy) is 3. The summed E-state index contributed by atoms with van der Waals surface area (Å²) >= 11 is 6.24. The van der Waals surface area contributed by atoms with Crippen molar-refractivity contribution in [3.63, 3.8) is 0 Å².